The molecule has 0 aromatic carbocycles. The van der Waals surface area contributed by atoms with Gasteiger partial charge in [-0.15, -0.1) is 0 Å². The molecule has 1 unspecified atom stereocenters. The predicted octanol–water partition coefficient (Wildman–Crippen LogP) is 2.18. The number of nitrogens with one attached hydrogen (secondary N) is 1. The fourth-order valence-corrected chi connectivity index (χ4v) is 1.86. The summed E-state index contributed by atoms with van der Waals surface area (Å²) >= 11 is 0. The lowest BCUT2D eigenvalue weighted by Gasteiger charge is -2.15. The Kier molecular flexibility index (Phi) is 3.53. The largest absolute Gasteiger partial charge is 0.389 e. The van der Waals surface area contributed by atoms with Crippen LogP contribution in [0.4, 0.5) is 13.2 Å². The van der Waals surface area contributed by atoms with Crippen LogP contribution in [0.1, 0.15) is 24.4 Å². The molecule has 2 aromatic heterocycles. The normalized spacial score (nSPS) is 14.0. The molecule has 3 N–H and O–H groups in total. The van der Waals surface area contributed by atoms with Crippen LogP contribution in [-0.2, 0) is 0 Å². The maximum atomic E-state index is 12.2. The maximum absolute atomic E-state index is 12.2. The molecule has 0 radical (unpaired) electrons. The summed E-state index contributed by atoms with van der Waals surface area (Å²) in [5, 5.41) is 4.07. The van der Waals surface area contributed by atoms with Gasteiger partial charge >= 0.3 is 6.18 Å². The molecule has 2 rings (SSSR count). The van der Waals surface area contributed by atoms with E-state index in [1.165, 1.54) is 6.20 Å². The van der Waals surface area contributed by atoms with Crippen LogP contribution in [0.5, 0.6) is 0 Å². The number of aromatic nitrogens is 2. The molecular weight excluding hydrogens is 245 g/mol. The average molecular weight is 258 g/mol. The molecule has 0 bridgehead atoms. The zero-order chi connectivity index (χ0) is 13.2. The molecule has 0 aliphatic heterocycles. The van der Waals surface area contributed by atoms with Crippen LogP contribution in [-0.4, -0.2) is 15.8 Å². The Balaban J connectivity index is 2.22. The van der Waals surface area contributed by atoms with Gasteiger partial charge in [-0.1, -0.05) is 6.07 Å². The number of hydrazine groups is 1. The van der Waals surface area contributed by atoms with Crippen LogP contribution >= 0.6 is 0 Å². The molecule has 2 aromatic rings. The average Bonchev–Trinajstić information content (AvgIpc) is 2.73. The van der Waals surface area contributed by atoms with E-state index in [1.54, 1.807) is 28.9 Å². The highest BCUT2D eigenvalue weighted by Gasteiger charge is 2.29. The topological polar surface area (TPSA) is 55.3 Å². The molecule has 7 heteroatoms. The van der Waals surface area contributed by atoms with Crippen LogP contribution in [0, 0.1) is 0 Å². The number of hydrogen-bond donors (Lipinski definition) is 2. The van der Waals surface area contributed by atoms with Crippen LogP contribution in [0.3, 0.4) is 0 Å². The van der Waals surface area contributed by atoms with Crippen molar-refractivity contribution in [3.63, 3.8) is 0 Å². The summed E-state index contributed by atoms with van der Waals surface area (Å²) in [5.74, 6) is 5.33. The van der Waals surface area contributed by atoms with E-state index < -0.39 is 18.6 Å². The first-order chi connectivity index (χ1) is 8.51. The lowest BCUT2D eigenvalue weighted by atomic mass is 10.0. The second-order valence-electron chi connectivity index (χ2n) is 4.00. The van der Waals surface area contributed by atoms with Gasteiger partial charge in [0, 0.05) is 18.2 Å². The summed E-state index contributed by atoms with van der Waals surface area (Å²) in [5.41, 5.74) is 3.84. The molecule has 98 valence electrons. The van der Waals surface area contributed by atoms with E-state index in [-0.39, 0.29) is 6.42 Å². The first-order valence-electron chi connectivity index (χ1n) is 5.46. The van der Waals surface area contributed by atoms with Crippen LogP contribution in [0.15, 0.2) is 30.6 Å². The monoisotopic (exact) mass is 258 g/mol. The number of nitrogens with zero attached hydrogens (tertiary/aromatic N) is 2. The molecule has 0 fully saturated rings. The van der Waals surface area contributed by atoms with Crippen LogP contribution in [0.25, 0.3) is 5.52 Å². The number of nitrogens with two attached hydrogens (primary N) is 1. The SMILES string of the molecule is NNC(CCC(F)(F)F)c1cnn2ccccc12. The first-order valence-corrected chi connectivity index (χ1v) is 5.46. The molecule has 4 nitrogen and oxygen atoms in total. The number of hydrogen-bond acceptors (Lipinski definition) is 3. The van der Waals surface area contributed by atoms with Crippen LogP contribution < -0.4 is 11.3 Å². The minimum absolute atomic E-state index is 0.115. The van der Waals surface area contributed by atoms with Crippen LogP contribution in [0.2, 0.25) is 0 Å². The highest BCUT2D eigenvalue weighted by Crippen LogP contribution is 2.28. The number of pyridine rings is 1. The van der Waals surface area contributed by atoms with E-state index >= 15 is 0 Å². The van der Waals surface area contributed by atoms with Crippen molar-refractivity contribution in [2.24, 2.45) is 5.84 Å². The third kappa shape index (κ3) is 2.80. The van der Waals surface area contributed by atoms with E-state index in [0.717, 1.165) is 5.52 Å². The van der Waals surface area contributed by atoms with Gasteiger partial charge in [0.05, 0.1) is 17.8 Å². The third-order valence-electron chi connectivity index (χ3n) is 2.75. The summed E-state index contributed by atoms with van der Waals surface area (Å²) in [6.07, 6.45) is -1.91. The molecule has 0 saturated heterocycles. The summed E-state index contributed by atoms with van der Waals surface area (Å²) in [4.78, 5) is 0. The molecule has 0 amide bonds. The fraction of sp³-hybridized carbons (Fsp3) is 0.364. The fourth-order valence-electron chi connectivity index (χ4n) is 1.86. The van der Waals surface area contributed by atoms with Crippen molar-refractivity contribution in [3.8, 4) is 0 Å². The van der Waals surface area contributed by atoms with Crippen molar-refractivity contribution in [1.82, 2.24) is 15.0 Å². The molecule has 0 aliphatic rings. The molecule has 18 heavy (non-hydrogen) atoms. The molecule has 0 spiro atoms. The zero-order valence-electron chi connectivity index (χ0n) is 9.48. The zero-order valence-corrected chi connectivity index (χ0v) is 9.48. The summed E-state index contributed by atoms with van der Waals surface area (Å²) in [6.45, 7) is 0. The van der Waals surface area contributed by atoms with E-state index in [9.17, 15) is 13.2 Å². The number of fused-ring (bicyclic) bond motifs is 1. The Morgan fingerprint density at radius 3 is 2.83 bits per heavy atom. The van der Waals surface area contributed by atoms with Crippen molar-refractivity contribution in [2.75, 3.05) is 0 Å². The van der Waals surface area contributed by atoms with E-state index in [2.05, 4.69) is 10.5 Å². The lowest BCUT2D eigenvalue weighted by molar-refractivity contribution is -0.136. The molecule has 1 atom stereocenters. The highest BCUT2D eigenvalue weighted by molar-refractivity contribution is 5.54. The Labute approximate surface area is 102 Å². The minimum Gasteiger partial charge on any atom is -0.271 e. The Morgan fingerprint density at radius 2 is 2.17 bits per heavy atom. The van der Waals surface area contributed by atoms with Crippen molar-refractivity contribution in [3.05, 3.63) is 36.2 Å². The van der Waals surface area contributed by atoms with Gasteiger partial charge in [-0.2, -0.15) is 18.3 Å². The van der Waals surface area contributed by atoms with Gasteiger partial charge in [0.1, 0.15) is 0 Å². The Hall–Kier alpha value is -1.60. The predicted molar refractivity (Wildman–Crippen MR) is 60.5 cm³/mol. The number of rotatable bonds is 4. The van der Waals surface area contributed by atoms with Crippen molar-refractivity contribution in [1.29, 1.82) is 0 Å². The molecular formula is C11H13F3N4. The highest BCUT2D eigenvalue weighted by atomic mass is 19.4. The van der Waals surface area contributed by atoms with E-state index in [0.29, 0.717) is 5.56 Å². The smallest absolute Gasteiger partial charge is 0.271 e. The molecule has 0 saturated carbocycles. The summed E-state index contributed by atoms with van der Waals surface area (Å²) in [7, 11) is 0. The van der Waals surface area contributed by atoms with E-state index in [4.69, 9.17) is 5.84 Å². The Bertz CT molecular complexity index is 520. The van der Waals surface area contributed by atoms with Crippen molar-refractivity contribution < 1.29 is 13.2 Å². The third-order valence-corrected chi connectivity index (χ3v) is 2.75. The molecule has 2 heterocycles. The first kappa shape index (κ1) is 12.8. The lowest BCUT2D eigenvalue weighted by Crippen LogP contribution is -2.29. The second kappa shape index (κ2) is 4.95. The summed E-state index contributed by atoms with van der Waals surface area (Å²) < 4.78 is 38.3. The molecule has 0 aliphatic carbocycles. The van der Waals surface area contributed by atoms with Gasteiger partial charge in [0.2, 0.25) is 0 Å². The minimum atomic E-state index is -4.18. The van der Waals surface area contributed by atoms with Gasteiger partial charge in [-0.25, -0.2) is 4.52 Å². The summed E-state index contributed by atoms with van der Waals surface area (Å²) in [6, 6.07) is 4.83. The quantitative estimate of drug-likeness (QED) is 0.653. The van der Waals surface area contributed by atoms with Crippen molar-refractivity contribution >= 4 is 5.52 Å². The van der Waals surface area contributed by atoms with Gasteiger partial charge in [0.15, 0.2) is 0 Å². The second-order valence-corrected chi connectivity index (χ2v) is 4.00. The van der Waals surface area contributed by atoms with E-state index in [1.807, 2.05) is 0 Å². The van der Waals surface area contributed by atoms with Gasteiger partial charge in [-0.3, -0.25) is 11.3 Å². The van der Waals surface area contributed by atoms with Gasteiger partial charge in [0.25, 0.3) is 0 Å². The standard InChI is InChI=1S/C11H13F3N4/c12-11(13,14)5-4-9(17-15)8-7-16-18-6-2-1-3-10(8)18/h1-3,6-7,9,17H,4-5,15H2. The maximum Gasteiger partial charge on any atom is 0.389 e. The van der Waals surface area contributed by atoms with Crippen molar-refractivity contribution in [2.45, 2.75) is 25.1 Å². The number of alkyl halides is 3. The van der Waals surface area contributed by atoms with Gasteiger partial charge < -0.3 is 0 Å². The van der Waals surface area contributed by atoms with Gasteiger partial charge in [-0.05, 0) is 18.6 Å². The Morgan fingerprint density at radius 1 is 1.39 bits per heavy atom. The number of halogens is 3.